The van der Waals surface area contributed by atoms with Gasteiger partial charge < -0.3 is 15.2 Å². The first kappa shape index (κ1) is 15.2. The number of rotatable bonds is 8. The highest BCUT2D eigenvalue weighted by atomic mass is 16.5. The summed E-state index contributed by atoms with van der Waals surface area (Å²) >= 11 is 0. The molecule has 0 aliphatic heterocycles. The van der Waals surface area contributed by atoms with E-state index >= 15 is 0 Å². The Hall–Kier alpha value is -1.22. The van der Waals surface area contributed by atoms with Gasteiger partial charge in [0.25, 0.3) is 0 Å². The largest absolute Gasteiger partial charge is 0.494 e. The van der Waals surface area contributed by atoms with Gasteiger partial charge in [0.2, 0.25) is 0 Å². The zero-order valence-corrected chi connectivity index (χ0v) is 12.4. The van der Waals surface area contributed by atoms with Crippen LogP contribution in [-0.4, -0.2) is 19.3 Å². The molecule has 1 aromatic rings. The third-order valence-electron chi connectivity index (χ3n) is 3.84. The van der Waals surface area contributed by atoms with E-state index < -0.39 is 0 Å². The molecule has 1 saturated carbocycles. The molecule has 1 aromatic carbocycles. The molecule has 2 N–H and O–H groups in total. The topological polar surface area (TPSA) is 44.5 Å². The van der Waals surface area contributed by atoms with Gasteiger partial charge in [-0.15, -0.1) is 0 Å². The number of anilines is 1. The maximum absolute atomic E-state index is 5.91. The van der Waals surface area contributed by atoms with Crippen LogP contribution < -0.4 is 10.5 Å². The number of hydrogen-bond donors (Lipinski definition) is 1. The number of benzene rings is 1. The van der Waals surface area contributed by atoms with Crippen molar-refractivity contribution < 1.29 is 9.47 Å². The highest BCUT2D eigenvalue weighted by Gasteiger charge is 2.12. The van der Waals surface area contributed by atoms with Crippen molar-refractivity contribution in [3.63, 3.8) is 0 Å². The SMILES string of the molecule is Nc1ccc(OCCCCCOC2CCCCC2)cc1. The third-order valence-corrected chi connectivity index (χ3v) is 3.84. The van der Waals surface area contributed by atoms with Crippen LogP contribution in [0.3, 0.4) is 0 Å². The Morgan fingerprint density at radius 2 is 1.60 bits per heavy atom. The quantitative estimate of drug-likeness (QED) is 0.573. The van der Waals surface area contributed by atoms with Crippen LogP contribution in [0.4, 0.5) is 5.69 Å². The Morgan fingerprint density at radius 3 is 2.35 bits per heavy atom. The summed E-state index contributed by atoms with van der Waals surface area (Å²) in [7, 11) is 0. The van der Waals surface area contributed by atoms with Crippen molar-refractivity contribution in [2.24, 2.45) is 0 Å². The lowest BCUT2D eigenvalue weighted by Gasteiger charge is -2.21. The normalized spacial score (nSPS) is 16.2. The lowest BCUT2D eigenvalue weighted by Crippen LogP contribution is -2.17. The molecule has 0 heterocycles. The maximum Gasteiger partial charge on any atom is 0.119 e. The summed E-state index contributed by atoms with van der Waals surface area (Å²) in [5, 5.41) is 0. The van der Waals surface area contributed by atoms with E-state index in [1.165, 1.54) is 38.5 Å². The van der Waals surface area contributed by atoms with Crippen molar-refractivity contribution in [3.8, 4) is 5.75 Å². The van der Waals surface area contributed by atoms with E-state index in [1.807, 2.05) is 24.3 Å². The lowest BCUT2D eigenvalue weighted by molar-refractivity contribution is 0.0260. The Kier molecular flexibility index (Phi) is 6.72. The van der Waals surface area contributed by atoms with Gasteiger partial charge >= 0.3 is 0 Å². The zero-order chi connectivity index (χ0) is 14.0. The fourth-order valence-corrected chi connectivity index (χ4v) is 2.62. The van der Waals surface area contributed by atoms with Crippen molar-refractivity contribution in [2.45, 2.75) is 57.5 Å². The van der Waals surface area contributed by atoms with Gasteiger partial charge in [-0.3, -0.25) is 0 Å². The second kappa shape index (κ2) is 8.85. The second-order valence-corrected chi connectivity index (χ2v) is 5.61. The number of hydrogen-bond acceptors (Lipinski definition) is 3. The maximum atomic E-state index is 5.91. The van der Waals surface area contributed by atoms with Crippen molar-refractivity contribution in [2.75, 3.05) is 18.9 Å². The van der Waals surface area contributed by atoms with Gasteiger partial charge in [-0.1, -0.05) is 19.3 Å². The van der Waals surface area contributed by atoms with E-state index in [4.69, 9.17) is 15.2 Å². The Morgan fingerprint density at radius 1 is 0.900 bits per heavy atom. The molecule has 112 valence electrons. The van der Waals surface area contributed by atoms with Gasteiger partial charge in [0.15, 0.2) is 0 Å². The molecule has 20 heavy (non-hydrogen) atoms. The molecule has 0 spiro atoms. The predicted octanol–water partition coefficient (Wildman–Crippen LogP) is 4.17. The summed E-state index contributed by atoms with van der Waals surface area (Å²) in [5.41, 5.74) is 6.40. The van der Waals surface area contributed by atoms with Crippen molar-refractivity contribution in [3.05, 3.63) is 24.3 Å². The minimum Gasteiger partial charge on any atom is -0.494 e. The zero-order valence-electron chi connectivity index (χ0n) is 12.4. The third kappa shape index (κ3) is 5.83. The standard InChI is InChI=1S/C17H27NO2/c18-15-9-11-17(12-10-15)20-14-6-2-5-13-19-16-7-3-1-4-8-16/h9-12,16H,1-8,13-14,18H2. The number of nitrogen functional groups attached to an aromatic ring is 1. The highest BCUT2D eigenvalue weighted by molar-refractivity contribution is 5.41. The number of ether oxygens (including phenoxy) is 2. The second-order valence-electron chi connectivity index (χ2n) is 5.61. The van der Waals surface area contributed by atoms with E-state index in [9.17, 15) is 0 Å². The molecule has 0 bridgehead atoms. The summed E-state index contributed by atoms with van der Waals surface area (Å²) in [6.45, 7) is 1.68. The molecule has 2 rings (SSSR count). The fourth-order valence-electron chi connectivity index (χ4n) is 2.62. The van der Waals surface area contributed by atoms with Crippen molar-refractivity contribution in [1.29, 1.82) is 0 Å². The fraction of sp³-hybridized carbons (Fsp3) is 0.647. The Bertz CT molecular complexity index is 358. The van der Waals surface area contributed by atoms with E-state index in [-0.39, 0.29) is 0 Å². The van der Waals surface area contributed by atoms with Crippen molar-refractivity contribution in [1.82, 2.24) is 0 Å². The summed E-state index contributed by atoms with van der Waals surface area (Å²) < 4.78 is 11.6. The average molecular weight is 277 g/mol. The van der Waals surface area contributed by atoms with Gasteiger partial charge in [0.1, 0.15) is 5.75 Å². The van der Waals surface area contributed by atoms with E-state index in [1.54, 1.807) is 0 Å². The van der Waals surface area contributed by atoms with Crippen molar-refractivity contribution >= 4 is 5.69 Å². The van der Waals surface area contributed by atoms with E-state index in [0.29, 0.717) is 6.10 Å². The van der Waals surface area contributed by atoms with Gasteiger partial charge in [-0.05, 0) is 56.4 Å². The molecule has 0 radical (unpaired) electrons. The minimum atomic E-state index is 0.537. The van der Waals surface area contributed by atoms with E-state index in [2.05, 4.69) is 0 Å². The van der Waals surface area contributed by atoms with Crippen LogP contribution in [0.2, 0.25) is 0 Å². The average Bonchev–Trinajstić information content (AvgIpc) is 2.49. The molecule has 0 saturated heterocycles. The molecular weight excluding hydrogens is 250 g/mol. The van der Waals surface area contributed by atoms with Gasteiger partial charge in [-0.25, -0.2) is 0 Å². The summed E-state index contributed by atoms with van der Waals surface area (Å²) in [4.78, 5) is 0. The number of unbranched alkanes of at least 4 members (excludes halogenated alkanes) is 2. The smallest absolute Gasteiger partial charge is 0.119 e. The van der Waals surface area contributed by atoms with Crippen LogP contribution in [0.25, 0.3) is 0 Å². The monoisotopic (exact) mass is 277 g/mol. The summed E-state index contributed by atoms with van der Waals surface area (Å²) in [5.74, 6) is 0.901. The predicted molar refractivity (Wildman–Crippen MR) is 83.0 cm³/mol. The molecule has 1 aliphatic rings. The molecule has 3 nitrogen and oxygen atoms in total. The van der Waals surface area contributed by atoms with Gasteiger partial charge in [0.05, 0.1) is 12.7 Å². The molecular formula is C17H27NO2. The van der Waals surface area contributed by atoms with Crippen LogP contribution in [0, 0.1) is 0 Å². The molecule has 3 heteroatoms. The molecule has 1 fully saturated rings. The molecule has 1 aliphatic carbocycles. The summed E-state index contributed by atoms with van der Waals surface area (Å²) in [6.07, 6.45) is 10.5. The minimum absolute atomic E-state index is 0.537. The van der Waals surface area contributed by atoms with Crippen LogP contribution in [-0.2, 0) is 4.74 Å². The van der Waals surface area contributed by atoms with Crippen LogP contribution in [0.1, 0.15) is 51.4 Å². The van der Waals surface area contributed by atoms with Gasteiger partial charge in [-0.2, -0.15) is 0 Å². The molecule has 0 aromatic heterocycles. The molecule has 0 unspecified atom stereocenters. The lowest BCUT2D eigenvalue weighted by atomic mass is 9.98. The van der Waals surface area contributed by atoms with Crippen LogP contribution in [0.15, 0.2) is 24.3 Å². The Balaban J connectivity index is 1.44. The van der Waals surface area contributed by atoms with Crippen LogP contribution >= 0.6 is 0 Å². The molecule has 0 atom stereocenters. The van der Waals surface area contributed by atoms with E-state index in [0.717, 1.165) is 37.5 Å². The Labute approximate surface area is 122 Å². The first-order chi connectivity index (χ1) is 9.84. The first-order valence-corrected chi connectivity index (χ1v) is 7.94. The van der Waals surface area contributed by atoms with Crippen LogP contribution in [0.5, 0.6) is 5.75 Å². The highest BCUT2D eigenvalue weighted by Crippen LogP contribution is 2.20. The first-order valence-electron chi connectivity index (χ1n) is 7.94. The van der Waals surface area contributed by atoms with Gasteiger partial charge in [0, 0.05) is 12.3 Å². The molecule has 0 amide bonds. The summed E-state index contributed by atoms with van der Waals surface area (Å²) in [6, 6.07) is 7.57. The number of nitrogens with two attached hydrogens (primary N) is 1.